The van der Waals surface area contributed by atoms with E-state index in [1.807, 2.05) is 0 Å². The zero-order chi connectivity index (χ0) is 12.4. The second kappa shape index (κ2) is 4.92. The maximum Gasteiger partial charge on any atom is 0.339 e. The van der Waals surface area contributed by atoms with Gasteiger partial charge in [-0.15, -0.1) is 0 Å². The molecule has 0 amide bonds. The highest BCUT2D eigenvalue weighted by atomic mass is 16.4. The maximum absolute atomic E-state index is 11.0. The Morgan fingerprint density at radius 3 is 3.00 bits per heavy atom. The Morgan fingerprint density at radius 2 is 2.29 bits per heavy atom. The summed E-state index contributed by atoms with van der Waals surface area (Å²) in [6.07, 6.45) is 3.88. The summed E-state index contributed by atoms with van der Waals surface area (Å²) in [4.78, 5) is 13.3. The van der Waals surface area contributed by atoms with Crippen molar-refractivity contribution < 1.29 is 14.3 Å². The summed E-state index contributed by atoms with van der Waals surface area (Å²) in [6, 6.07) is 2.02. The molecule has 2 unspecified atom stereocenters. The van der Waals surface area contributed by atoms with Crippen molar-refractivity contribution in [2.24, 2.45) is 5.92 Å². The normalized spacial score (nSPS) is 26.0. The van der Waals surface area contributed by atoms with Crippen LogP contribution in [-0.4, -0.2) is 28.6 Å². The SMILES string of the molecule is CC1CCC(C)N(Cc2occc2C(=O)O)C1. The molecule has 1 aliphatic heterocycles. The smallest absolute Gasteiger partial charge is 0.339 e. The topological polar surface area (TPSA) is 53.7 Å². The third kappa shape index (κ3) is 2.69. The van der Waals surface area contributed by atoms with Crippen LogP contribution >= 0.6 is 0 Å². The molecule has 0 aliphatic carbocycles. The Bertz CT molecular complexity index is 399. The van der Waals surface area contributed by atoms with Gasteiger partial charge in [0.15, 0.2) is 0 Å². The third-order valence-electron chi connectivity index (χ3n) is 3.57. The van der Waals surface area contributed by atoms with Crippen molar-refractivity contribution >= 4 is 5.97 Å². The second-order valence-electron chi connectivity index (χ2n) is 5.02. The Kier molecular flexibility index (Phi) is 3.52. The molecular weight excluding hydrogens is 218 g/mol. The number of nitrogens with zero attached hydrogens (tertiary/aromatic N) is 1. The van der Waals surface area contributed by atoms with Crippen LogP contribution in [0.2, 0.25) is 0 Å². The average molecular weight is 237 g/mol. The lowest BCUT2D eigenvalue weighted by Gasteiger charge is -2.36. The number of carboxylic acid groups (broad SMARTS) is 1. The van der Waals surface area contributed by atoms with E-state index in [0.717, 1.165) is 6.54 Å². The van der Waals surface area contributed by atoms with Gasteiger partial charge in [0.25, 0.3) is 0 Å². The minimum Gasteiger partial charge on any atom is -0.478 e. The molecule has 2 heterocycles. The molecule has 0 spiro atoms. The van der Waals surface area contributed by atoms with Crippen molar-refractivity contribution in [2.45, 2.75) is 39.3 Å². The van der Waals surface area contributed by atoms with Crippen LogP contribution in [-0.2, 0) is 6.54 Å². The Balaban J connectivity index is 2.09. The lowest BCUT2D eigenvalue weighted by molar-refractivity contribution is 0.0686. The van der Waals surface area contributed by atoms with E-state index in [1.165, 1.54) is 25.2 Å². The molecule has 2 rings (SSSR count). The second-order valence-corrected chi connectivity index (χ2v) is 5.02. The van der Waals surface area contributed by atoms with Crippen molar-refractivity contribution in [3.63, 3.8) is 0 Å². The van der Waals surface area contributed by atoms with E-state index in [9.17, 15) is 4.79 Å². The van der Waals surface area contributed by atoms with Crippen molar-refractivity contribution in [1.29, 1.82) is 0 Å². The molecule has 94 valence electrons. The Morgan fingerprint density at radius 1 is 1.53 bits per heavy atom. The molecule has 1 saturated heterocycles. The largest absolute Gasteiger partial charge is 0.478 e. The van der Waals surface area contributed by atoms with E-state index in [2.05, 4.69) is 18.7 Å². The molecule has 0 saturated carbocycles. The lowest BCUT2D eigenvalue weighted by atomic mass is 9.95. The number of likely N-dealkylation sites (tertiary alicyclic amines) is 1. The van der Waals surface area contributed by atoms with Gasteiger partial charge < -0.3 is 9.52 Å². The van der Waals surface area contributed by atoms with E-state index < -0.39 is 5.97 Å². The van der Waals surface area contributed by atoms with Crippen LogP contribution in [0.15, 0.2) is 16.7 Å². The van der Waals surface area contributed by atoms with Crippen LogP contribution in [0.3, 0.4) is 0 Å². The number of rotatable bonds is 3. The zero-order valence-electron chi connectivity index (χ0n) is 10.3. The summed E-state index contributed by atoms with van der Waals surface area (Å²) < 4.78 is 5.29. The molecule has 1 aromatic rings. The van der Waals surface area contributed by atoms with E-state index in [1.54, 1.807) is 0 Å². The van der Waals surface area contributed by atoms with Gasteiger partial charge in [0, 0.05) is 12.6 Å². The lowest BCUT2D eigenvalue weighted by Crippen LogP contribution is -2.40. The standard InChI is InChI=1S/C13H19NO3/c1-9-3-4-10(2)14(7-9)8-12-11(13(15)16)5-6-17-12/h5-6,9-10H,3-4,7-8H2,1-2H3,(H,15,16). The molecule has 1 aromatic heterocycles. The first-order valence-corrected chi connectivity index (χ1v) is 6.11. The summed E-state index contributed by atoms with van der Waals surface area (Å²) in [6.45, 7) is 6.04. The highest BCUT2D eigenvalue weighted by Crippen LogP contribution is 2.24. The predicted octanol–water partition coefficient (Wildman–Crippen LogP) is 2.60. The van der Waals surface area contributed by atoms with Crippen LogP contribution in [0.4, 0.5) is 0 Å². The van der Waals surface area contributed by atoms with E-state index >= 15 is 0 Å². The number of hydrogen-bond acceptors (Lipinski definition) is 3. The van der Waals surface area contributed by atoms with Gasteiger partial charge in [0.05, 0.1) is 12.8 Å². The molecular formula is C13H19NO3. The van der Waals surface area contributed by atoms with Gasteiger partial charge in [0.2, 0.25) is 0 Å². The van der Waals surface area contributed by atoms with Crippen LogP contribution < -0.4 is 0 Å². The molecule has 1 N–H and O–H groups in total. The highest BCUT2D eigenvalue weighted by molar-refractivity contribution is 5.88. The Labute approximate surface area is 101 Å². The molecule has 1 fully saturated rings. The van der Waals surface area contributed by atoms with Crippen LogP contribution in [0.25, 0.3) is 0 Å². The summed E-state index contributed by atoms with van der Waals surface area (Å²) in [7, 11) is 0. The minimum absolute atomic E-state index is 0.287. The maximum atomic E-state index is 11.0. The number of carboxylic acids is 1. The van der Waals surface area contributed by atoms with Crippen LogP contribution in [0.5, 0.6) is 0 Å². The fourth-order valence-corrected chi connectivity index (χ4v) is 2.44. The molecule has 4 nitrogen and oxygen atoms in total. The minimum atomic E-state index is -0.911. The first-order chi connectivity index (χ1) is 8.08. The average Bonchev–Trinajstić information content (AvgIpc) is 2.71. The Hall–Kier alpha value is -1.29. The first kappa shape index (κ1) is 12.2. The molecule has 1 aliphatic rings. The van der Waals surface area contributed by atoms with Crippen molar-refractivity contribution in [3.05, 3.63) is 23.7 Å². The van der Waals surface area contributed by atoms with Crippen LogP contribution in [0, 0.1) is 5.92 Å². The van der Waals surface area contributed by atoms with Crippen molar-refractivity contribution in [3.8, 4) is 0 Å². The van der Waals surface area contributed by atoms with Gasteiger partial charge in [-0.1, -0.05) is 6.92 Å². The fraction of sp³-hybridized carbons (Fsp3) is 0.615. The monoisotopic (exact) mass is 237 g/mol. The molecule has 4 heteroatoms. The third-order valence-corrected chi connectivity index (χ3v) is 3.57. The highest BCUT2D eigenvalue weighted by Gasteiger charge is 2.25. The summed E-state index contributed by atoms with van der Waals surface area (Å²) in [5, 5.41) is 9.02. The van der Waals surface area contributed by atoms with Crippen molar-refractivity contribution in [1.82, 2.24) is 4.90 Å². The number of carbonyl (C=O) groups is 1. The molecule has 0 aromatic carbocycles. The van der Waals surface area contributed by atoms with Gasteiger partial charge in [-0.2, -0.15) is 0 Å². The van der Waals surface area contributed by atoms with E-state index in [-0.39, 0.29) is 5.56 Å². The summed E-state index contributed by atoms with van der Waals surface area (Å²) in [5.74, 6) is 0.333. The van der Waals surface area contributed by atoms with Gasteiger partial charge in [0.1, 0.15) is 11.3 Å². The number of hydrogen-bond donors (Lipinski definition) is 1. The van der Waals surface area contributed by atoms with Gasteiger partial charge in [-0.3, -0.25) is 4.90 Å². The zero-order valence-corrected chi connectivity index (χ0v) is 10.3. The van der Waals surface area contributed by atoms with Gasteiger partial charge in [-0.25, -0.2) is 4.79 Å². The first-order valence-electron chi connectivity index (χ1n) is 6.11. The van der Waals surface area contributed by atoms with Crippen LogP contribution in [0.1, 0.15) is 42.8 Å². The molecule has 17 heavy (non-hydrogen) atoms. The van der Waals surface area contributed by atoms with E-state index in [0.29, 0.717) is 24.3 Å². The summed E-state index contributed by atoms with van der Waals surface area (Å²) >= 11 is 0. The molecule has 0 bridgehead atoms. The fourth-order valence-electron chi connectivity index (χ4n) is 2.44. The van der Waals surface area contributed by atoms with Gasteiger partial charge in [-0.05, 0) is 31.7 Å². The summed E-state index contributed by atoms with van der Waals surface area (Å²) in [5.41, 5.74) is 0.287. The molecule has 0 radical (unpaired) electrons. The number of piperidine rings is 1. The van der Waals surface area contributed by atoms with Gasteiger partial charge >= 0.3 is 5.97 Å². The predicted molar refractivity (Wildman–Crippen MR) is 63.9 cm³/mol. The van der Waals surface area contributed by atoms with Crippen molar-refractivity contribution in [2.75, 3.05) is 6.54 Å². The molecule has 2 atom stereocenters. The quantitative estimate of drug-likeness (QED) is 0.878. The number of aromatic carboxylic acids is 1. The number of furan rings is 1. The van der Waals surface area contributed by atoms with E-state index in [4.69, 9.17) is 9.52 Å².